The number of aliphatic imine (C=N–C) groups is 1. The Balaban J connectivity index is 0.00000364. The van der Waals surface area contributed by atoms with Gasteiger partial charge in [-0.05, 0) is 48.7 Å². The van der Waals surface area contributed by atoms with Gasteiger partial charge < -0.3 is 10.6 Å². The number of hydrogen-bond donors (Lipinski definition) is 3. The molecule has 0 saturated carbocycles. The molecule has 0 radical (unpaired) electrons. The number of benzene rings is 2. The van der Waals surface area contributed by atoms with Crippen LogP contribution in [0.4, 0.5) is 0 Å². The lowest BCUT2D eigenvalue weighted by Crippen LogP contribution is -2.38. The van der Waals surface area contributed by atoms with E-state index >= 15 is 0 Å². The van der Waals surface area contributed by atoms with Gasteiger partial charge in [-0.15, -0.1) is 24.0 Å². The zero-order valence-electron chi connectivity index (χ0n) is 15.0. The van der Waals surface area contributed by atoms with Crippen molar-refractivity contribution in [1.29, 1.82) is 0 Å². The Hall–Kier alpha value is -1.36. The third-order valence-corrected chi connectivity index (χ3v) is 4.77. The number of rotatable bonds is 7. The third kappa shape index (κ3) is 8.46. The van der Waals surface area contributed by atoms with Crippen molar-refractivity contribution >= 4 is 51.6 Å². The Labute approximate surface area is 182 Å². The molecule has 0 heterocycles. The molecule has 2 aromatic carbocycles. The van der Waals surface area contributed by atoms with Crippen LogP contribution in [-0.2, 0) is 23.0 Å². The van der Waals surface area contributed by atoms with Crippen molar-refractivity contribution < 1.29 is 8.42 Å². The van der Waals surface area contributed by atoms with Crippen LogP contribution in [0, 0.1) is 0 Å². The number of nitrogens with one attached hydrogen (secondary N) is 2. The molecule has 2 rings (SSSR count). The van der Waals surface area contributed by atoms with Crippen LogP contribution >= 0.6 is 35.6 Å². The molecule has 4 N–H and O–H groups in total. The number of nitrogens with two attached hydrogens (primary N) is 1. The summed E-state index contributed by atoms with van der Waals surface area (Å²) in [5.74, 6) is 0.669. The predicted octanol–water partition coefficient (Wildman–Crippen LogP) is 2.90. The van der Waals surface area contributed by atoms with E-state index in [9.17, 15) is 8.42 Å². The lowest BCUT2D eigenvalue weighted by molar-refractivity contribution is 0.597. The highest BCUT2D eigenvalue weighted by atomic mass is 127. The zero-order chi connectivity index (χ0) is 19.0. The van der Waals surface area contributed by atoms with Crippen molar-refractivity contribution in [3.8, 4) is 0 Å². The minimum Gasteiger partial charge on any atom is -0.357 e. The molecule has 0 aromatic heterocycles. The van der Waals surface area contributed by atoms with Gasteiger partial charge in [0.1, 0.15) is 0 Å². The average Bonchev–Trinajstić information content (AvgIpc) is 2.61. The molecule has 6 nitrogen and oxygen atoms in total. The topological polar surface area (TPSA) is 96.6 Å². The first-order chi connectivity index (χ1) is 12.4. The number of hydrogen-bond acceptors (Lipinski definition) is 3. The predicted molar refractivity (Wildman–Crippen MR) is 121 cm³/mol. The number of nitrogens with zero attached hydrogens (tertiary/aromatic N) is 1. The van der Waals surface area contributed by atoms with Gasteiger partial charge in [0.15, 0.2) is 5.96 Å². The van der Waals surface area contributed by atoms with Crippen molar-refractivity contribution in [1.82, 2.24) is 10.6 Å². The van der Waals surface area contributed by atoms with Crippen molar-refractivity contribution in [3.63, 3.8) is 0 Å². The number of sulfonamides is 1. The molecule has 0 aliphatic heterocycles. The number of guanidine groups is 1. The molecule has 0 saturated heterocycles. The normalized spacial score (nSPS) is 11.6. The first kappa shape index (κ1) is 23.7. The second kappa shape index (κ2) is 11.5. The highest BCUT2D eigenvalue weighted by Gasteiger charge is 2.07. The molecule has 0 bridgehead atoms. The highest BCUT2D eigenvalue weighted by Crippen LogP contribution is 2.11. The van der Waals surface area contributed by atoms with Crippen LogP contribution in [0.1, 0.15) is 18.1 Å². The molecule has 0 unspecified atom stereocenters. The summed E-state index contributed by atoms with van der Waals surface area (Å²) in [5, 5.41) is 12.3. The van der Waals surface area contributed by atoms with Gasteiger partial charge in [0.2, 0.25) is 10.0 Å². The first-order valence-corrected chi connectivity index (χ1v) is 10.2. The van der Waals surface area contributed by atoms with E-state index in [0.717, 1.165) is 23.6 Å². The molecule has 0 atom stereocenters. The van der Waals surface area contributed by atoms with Crippen LogP contribution in [0.3, 0.4) is 0 Å². The summed E-state index contributed by atoms with van der Waals surface area (Å²) in [4.78, 5) is 4.58. The summed E-state index contributed by atoms with van der Waals surface area (Å²) in [6.45, 7) is 3.77. The fourth-order valence-corrected chi connectivity index (χ4v) is 3.02. The molecule has 0 amide bonds. The van der Waals surface area contributed by atoms with Crippen LogP contribution in [0.15, 0.2) is 58.4 Å². The summed E-state index contributed by atoms with van der Waals surface area (Å²) in [7, 11) is -3.71. The number of primary sulfonamides is 1. The Kier molecular flexibility index (Phi) is 10.1. The molecule has 0 aliphatic rings. The van der Waals surface area contributed by atoms with Gasteiger partial charge in [-0.2, -0.15) is 0 Å². The molecular weight excluding hydrogens is 499 g/mol. The minimum absolute atomic E-state index is 0. The Morgan fingerprint density at radius 2 is 1.81 bits per heavy atom. The second-order valence-corrected chi connectivity index (χ2v) is 7.69. The standard InChI is InChI=1S/C18H23ClN4O2S.HI/c1-2-21-18(22-11-10-14-6-8-16(19)9-7-14)23-13-15-4-3-5-17(12-15)26(20,24)25;/h3-9,12H,2,10-11,13H2,1H3,(H2,20,24,25)(H2,21,22,23);1H. The van der Waals surface area contributed by atoms with E-state index in [4.69, 9.17) is 16.7 Å². The van der Waals surface area contributed by atoms with E-state index in [1.807, 2.05) is 37.3 Å². The lowest BCUT2D eigenvalue weighted by Gasteiger charge is -2.11. The van der Waals surface area contributed by atoms with Crippen molar-refractivity contribution in [2.24, 2.45) is 10.1 Å². The van der Waals surface area contributed by atoms with Gasteiger partial charge in [0, 0.05) is 18.1 Å². The summed E-state index contributed by atoms with van der Waals surface area (Å²) < 4.78 is 22.9. The van der Waals surface area contributed by atoms with Gasteiger partial charge >= 0.3 is 0 Å². The molecule has 148 valence electrons. The van der Waals surface area contributed by atoms with Crippen LogP contribution < -0.4 is 15.8 Å². The molecule has 9 heteroatoms. The summed E-state index contributed by atoms with van der Waals surface area (Å²) in [6.07, 6.45) is 0.836. The fraction of sp³-hybridized carbons (Fsp3) is 0.278. The molecule has 0 fully saturated rings. The van der Waals surface area contributed by atoms with Gasteiger partial charge in [-0.1, -0.05) is 35.9 Å². The van der Waals surface area contributed by atoms with Crippen molar-refractivity contribution in [3.05, 3.63) is 64.7 Å². The van der Waals surface area contributed by atoms with Gasteiger partial charge in [0.05, 0.1) is 11.4 Å². The maximum absolute atomic E-state index is 11.4. The van der Waals surface area contributed by atoms with E-state index in [0.29, 0.717) is 19.0 Å². The maximum Gasteiger partial charge on any atom is 0.238 e. The molecule has 0 spiro atoms. The average molecular weight is 523 g/mol. The Morgan fingerprint density at radius 1 is 1.11 bits per heavy atom. The van der Waals surface area contributed by atoms with Gasteiger partial charge in [-0.3, -0.25) is 0 Å². The first-order valence-electron chi connectivity index (χ1n) is 8.27. The zero-order valence-corrected chi connectivity index (χ0v) is 18.9. The fourth-order valence-electron chi connectivity index (χ4n) is 2.31. The smallest absolute Gasteiger partial charge is 0.238 e. The molecule has 0 aliphatic carbocycles. The van der Waals surface area contributed by atoms with Crippen LogP contribution in [0.2, 0.25) is 5.02 Å². The third-order valence-electron chi connectivity index (χ3n) is 3.61. The minimum atomic E-state index is -3.71. The van der Waals surface area contributed by atoms with Crippen LogP contribution in [0.25, 0.3) is 0 Å². The summed E-state index contributed by atoms with van der Waals surface area (Å²) in [6, 6.07) is 14.2. The quantitative estimate of drug-likeness (QED) is 0.296. The lowest BCUT2D eigenvalue weighted by atomic mass is 10.1. The van der Waals surface area contributed by atoms with Crippen molar-refractivity contribution in [2.75, 3.05) is 13.1 Å². The van der Waals surface area contributed by atoms with Gasteiger partial charge in [0.25, 0.3) is 0 Å². The molecule has 27 heavy (non-hydrogen) atoms. The SMILES string of the molecule is CCNC(=NCc1cccc(S(N)(=O)=O)c1)NCCc1ccc(Cl)cc1.I. The Bertz CT molecular complexity index is 858. The second-order valence-electron chi connectivity index (χ2n) is 5.69. The van der Waals surface area contributed by atoms with E-state index in [-0.39, 0.29) is 28.9 Å². The monoisotopic (exact) mass is 522 g/mol. The van der Waals surface area contributed by atoms with E-state index in [1.54, 1.807) is 6.07 Å². The van der Waals surface area contributed by atoms with Crippen LogP contribution in [0.5, 0.6) is 0 Å². The van der Waals surface area contributed by atoms with Crippen molar-refractivity contribution in [2.45, 2.75) is 24.8 Å². The van der Waals surface area contributed by atoms with Gasteiger partial charge in [-0.25, -0.2) is 18.5 Å². The van der Waals surface area contributed by atoms with Crippen LogP contribution in [-0.4, -0.2) is 27.5 Å². The largest absolute Gasteiger partial charge is 0.357 e. The molecular formula is C18H24ClIN4O2S. The summed E-state index contributed by atoms with van der Waals surface area (Å²) >= 11 is 5.89. The number of halogens is 2. The van der Waals surface area contributed by atoms with E-state index < -0.39 is 10.0 Å². The van der Waals surface area contributed by atoms with E-state index in [1.165, 1.54) is 17.7 Å². The Morgan fingerprint density at radius 3 is 2.44 bits per heavy atom. The molecule has 2 aromatic rings. The maximum atomic E-state index is 11.4. The highest BCUT2D eigenvalue weighted by molar-refractivity contribution is 14.0. The van der Waals surface area contributed by atoms with E-state index in [2.05, 4.69) is 15.6 Å². The summed E-state index contributed by atoms with van der Waals surface area (Å²) in [5.41, 5.74) is 1.95.